The van der Waals surface area contributed by atoms with E-state index < -0.39 is 6.10 Å². The van der Waals surface area contributed by atoms with Gasteiger partial charge in [0, 0.05) is 11.6 Å². The zero-order valence-electron chi connectivity index (χ0n) is 8.95. The van der Waals surface area contributed by atoms with Crippen molar-refractivity contribution in [3.8, 4) is 6.07 Å². The summed E-state index contributed by atoms with van der Waals surface area (Å²) in [6.45, 7) is 1.64. The van der Waals surface area contributed by atoms with Crippen molar-refractivity contribution < 1.29 is 9.53 Å². The van der Waals surface area contributed by atoms with Crippen molar-refractivity contribution in [2.24, 2.45) is 0 Å². The molecule has 1 amide bonds. The second-order valence-electron chi connectivity index (χ2n) is 3.17. The Hall–Kier alpha value is -1.38. The molecule has 84 valence electrons. The molecule has 1 N–H and O–H groups in total. The number of rotatable bonds is 3. The maximum atomic E-state index is 11.6. The van der Waals surface area contributed by atoms with E-state index in [4.69, 9.17) is 10.00 Å². The first-order chi connectivity index (χ1) is 7.58. The van der Waals surface area contributed by atoms with Gasteiger partial charge in [0.25, 0.3) is 5.91 Å². The van der Waals surface area contributed by atoms with E-state index in [1.807, 2.05) is 6.07 Å². The summed E-state index contributed by atoms with van der Waals surface area (Å²) in [6, 6.07) is 7.07. The Balaban J connectivity index is 2.92. The zero-order chi connectivity index (χ0) is 12.1. The highest BCUT2D eigenvalue weighted by Gasteiger charge is 2.13. The highest BCUT2D eigenvalue weighted by molar-refractivity contribution is 9.10. The largest absolute Gasteiger partial charge is 0.372 e. The summed E-state index contributed by atoms with van der Waals surface area (Å²) in [5.74, 6) is -0.280. The summed E-state index contributed by atoms with van der Waals surface area (Å²) in [7, 11) is 1.45. The van der Waals surface area contributed by atoms with Crippen molar-refractivity contribution in [2.45, 2.75) is 13.0 Å². The van der Waals surface area contributed by atoms with E-state index in [-0.39, 0.29) is 5.91 Å². The third-order valence-corrected chi connectivity index (χ3v) is 2.58. The first-order valence-electron chi connectivity index (χ1n) is 4.61. The average molecular weight is 283 g/mol. The monoisotopic (exact) mass is 282 g/mol. The number of hydrogen-bond acceptors (Lipinski definition) is 3. The molecule has 0 radical (unpaired) electrons. The van der Waals surface area contributed by atoms with Crippen LogP contribution in [-0.2, 0) is 9.53 Å². The van der Waals surface area contributed by atoms with E-state index in [0.29, 0.717) is 11.3 Å². The fraction of sp³-hybridized carbons (Fsp3) is 0.273. The number of halogens is 1. The third kappa shape index (κ3) is 3.05. The molecule has 0 bridgehead atoms. The van der Waals surface area contributed by atoms with Gasteiger partial charge >= 0.3 is 0 Å². The molecule has 0 aliphatic rings. The summed E-state index contributed by atoms with van der Waals surface area (Å²) in [6.07, 6.45) is -0.550. The zero-order valence-corrected chi connectivity index (χ0v) is 10.5. The van der Waals surface area contributed by atoms with Gasteiger partial charge in [0.05, 0.1) is 11.3 Å². The SMILES string of the molecule is COC(C)C(=O)Nc1cc(Br)ccc1C#N. The molecule has 4 nitrogen and oxygen atoms in total. The molecule has 0 heterocycles. The van der Waals surface area contributed by atoms with E-state index >= 15 is 0 Å². The van der Waals surface area contributed by atoms with Crippen molar-refractivity contribution in [2.75, 3.05) is 12.4 Å². The fourth-order valence-corrected chi connectivity index (χ4v) is 1.42. The van der Waals surface area contributed by atoms with Gasteiger partial charge in [-0.15, -0.1) is 0 Å². The number of ether oxygens (including phenoxy) is 1. The lowest BCUT2D eigenvalue weighted by atomic mass is 10.2. The molecule has 0 saturated carbocycles. The maximum Gasteiger partial charge on any atom is 0.253 e. The summed E-state index contributed by atoms with van der Waals surface area (Å²) in [4.78, 5) is 11.6. The molecule has 1 aromatic carbocycles. The number of carbonyl (C=O) groups is 1. The van der Waals surface area contributed by atoms with Gasteiger partial charge < -0.3 is 10.1 Å². The molecular formula is C11H11BrN2O2. The molecule has 0 saturated heterocycles. The van der Waals surface area contributed by atoms with Crippen LogP contribution in [-0.4, -0.2) is 19.1 Å². The molecule has 1 unspecified atom stereocenters. The van der Waals surface area contributed by atoms with E-state index in [1.54, 1.807) is 25.1 Å². The number of nitriles is 1. The van der Waals surface area contributed by atoms with Crippen molar-refractivity contribution >= 4 is 27.5 Å². The van der Waals surface area contributed by atoms with E-state index in [0.717, 1.165) is 4.47 Å². The number of carbonyl (C=O) groups excluding carboxylic acids is 1. The van der Waals surface area contributed by atoms with Gasteiger partial charge in [0.2, 0.25) is 0 Å². The molecule has 1 rings (SSSR count). The Morgan fingerprint density at radius 3 is 2.88 bits per heavy atom. The normalized spacial score (nSPS) is 11.6. The third-order valence-electron chi connectivity index (χ3n) is 2.08. The summed E-state index contributed by atoms with van der Waals surface area (Å²) in [5, 5.41) is 11.5. The molecule has 0 aliphatic heterocycles. The molecule has 1 atom stereocenters. The van der Waals surface area contributed by atoms with Crippen LogP contribution in [0.5, 0.6) is 0 Å². The number of nitrogens with one attached hydrogen (secondary N) is 1. The van der Waals surface area contributed by atoms with Crippen molar-refractivity contribution in [3.05, 3.63) is 28.2 Å². The number of nitrogens with zero attached hydrogens (tertiary/aromatic N) is 1. The molecular weight excluding hydrogens is 272 g/mol. The van der Waals surface area contributed by atoms with Gasteiger partial charge in [-0.3, -0.25) is 4.79 Å². The van der Waals surface area contributed by atoms with Crippen LogP contribution in [0, 0.1) is 11.3 Å². The molecule has 0 spiro atoms. The number of anilines is 1. The van der Waals surface area contributed by atoms with Crippen LogP contribution < -0.4 is 5.32 Å². The Morgan fingerprint density at radius 2 is 2.31 bits per heavy atom. The Kier molecular flexibility index (Phi) is 4.47. The highest BCUT2D eigenvalue weighted by Crippen LogP contribution is 2.21. The van der Waals surface area contributed by atoms with Crippen LogP contribution in [0.2, 0.25) is 0 Å². The van der Waals surface area contributed by atoms with Crippen molar-refractivity contribution in [1.29, 1.82) is 5.26 Å². The van der Waals surface area contributed by atoms with Gasteiger partial charge in [-0.2, -0.15) is 5.26 Å². The maximum absolute atomic E-state index is 11.6. The van der Waals surface area contributed by atoms with Crippen LogP contribution in [0.15, 0.2) is 22.7 Å². The molecule has 1 aromatic rings. The standard InChI is InChI=1S/C11H11BrN2O2/c1-7(16-2)11(15)14-10-5-9(12)4-3-8(10)6-13/h3-5,7H,1-2H3,(H,14,15). The fourth-order valence-electron chi connectivity index (χ4n) is 1.06. The summed E-state index contributed by atoms with van der Waals surface area (Å²) >= 11 is 3.28. The first kappa shape index (κ1) is 12.7. The number of benzene rings is 1. The molecule has 0 aromatic heterocycles. The molecule has 0 fully saturated rings. The van der Waals surface area contributed by atoms with Gasteiger partial charge in [0.1, 0.15) is 12.2 Å². The molecule has 16 heavy (non-hydrogen) atoms. The second kappa shape index (κ2) is 5.64. The predicted octanol–water partition coefficient (Wildman–Crippen LogP) is 2.29. The van der Waals surface area contributed by atoms with Crippen LogP contribution in [0.1, 0.15) is 12.5 Å². The number of methoxy groups -OCH3 is 1. The molecule has 5 heteroatoms. The highest BCUT2D eigenvalue weighted by atomic mass is 79.9. The summed E-state index contributed by atoms with van der Waals surface area (Å²) in [5.41, 5.74) is 0.894. The molecule has 0 aliphatic carbocycles. The minimum atomic E-state index is -0.550. The lowest BCUT2D eigenvalue weighted by Crippen LogP contribution is -2.26. The Morgan fingerprint density at radius 1 is 1.62 bits per heavy atom. The van der Waals surface area contributed by atoms with Gasteiger partial charge in [0.15, 0.2) is 0 Å². The second-order valence-corrected chi connectivity index (χ2v) is 4.08. The van der Waals surface area contributed by atoms with Crippen molar-refractivity contribution in [3.63, 3.8) is 0 Å². The predicted molar refractivity (Wildman–Crippen MR) is 64.0 cm³/mol. The van der Waals surface area contributed by atoms with Crippen molar-refractivity contribution in [1.82, 2.24) is 0 Å². The average Bonchev–Trinajstić information content (AvgIpc) is 2.28. The Labute approximate surface area is 102 Å². The number of amides is 1. The van der Waals surface area contributed by atoms with Gasteiger partial charge in [-0.1, -0.05) is 15.9 Å². The lowest BCUT2D eigenvalue weighted by Gasteiger charge is -2.11. The Bertz CT molecular complexity index is 440. The first-order valence-corrected chi connectivity index (χ1v) is 5.41. The quantitative estimate of drug-likeness (QED) is 0.925. The van der Waals surface area contributed by atoms with Crippen LogP contribution in [0.3, 0.4) is 0 Å². The smallest absolute Gasteiger partial charge is 0.253 e. The van der Waals surface area contributed by atoms with E-state index in [1.165, 1.54) is 7.11 Å². The van der Waals surface area contributed by atoms with Gasteiger partial charge in [-0.25, -0.2) is 0 Å². The number of hydrogen-bond donors (Lipinski definition) is 1. The van der Waals surface area contributed by atoms with E-state index in [9.17, 15) is 4.79 Å². The topological polar surface area (TPSA) is 62.1 Å². The summed E-state index contributed by atoms with van der Waals surface area (Å²) < 4.78 is 5.68. The van der Waals surface area contributed by atoms with Crippen LogP contribution >= 0.6 is 15.9 Å². The van der Waals surface area contributed by atoms with Crippen LogP contribution in [0.25, 0.3) is 0 Å². The van der Waals surface area contributed by atoms with Gasteiger partial charge in [-0.05, 0) is 25.1 Å². The lowest BCUT2D eigenvalue weighted by molar-refractivity contribution is -0.124. The van der Waals surface area contributed by atoms with Crippen LogP contribution in [0.4, 0.5) is 5.69 Å². The minimum Gasteiger partial charge on any atom is -0.372 e. The van der Waals surface area contributed by atoms with E-state index in [2.05, 4.69) is 21.2 Å². The minimum absolute atomic E-state index is 0.280.